The van der Waals surface area contributed by atoms with Crippen molar-refractivity contribution >= 4 is 46.7 Å². The van der Waals surface area contributed by atoms with E-state index in [0.29, 0.717) is 6.42 Å². The van der Waals surface area contributed by atoms with Gasteiger partial charge in [-0.25, -0.2) is 9.58 Å². The first-order valence-corrected chi connectivity index (χ1v) is 11.3. The first kappa shape index (κ1) is 24.4. The molecule has 0 bridgehead atoms. The number of ether oxygens (including phenoxy) is 2. The van der Waals surface area contributed by atoms with E-state index in [9.17, 15) is 19.2 Å². The lowest BCUT2D eigenvalue weighted by molar-refractivity contribution is -0.142. The number of amides is 2. The molecule has 11 heteroatoms. The fourth-order valence-corrected chi connectivity index (χ4v) is 4.09. The molecule has 1 aromatic heterocycles. The Morgan fingerprint density at radius 3 is 2.17 bits per heavy atom. The Hall–Kier alpha value is -3.69. The van der Waals surface area contributed by atoms with Crippen molar-refractivity contribution in [2.75, 3.05) is 11.5 Å². The van der Waals surface area contributed by atoms with Crippen LogP contribution in [0, 0.1) is 0 Å². The Morgan fingerprint density at radius 2 is 1.60 bits per heavy atom. The Balaban J connectivity index is 1.62. The summed E-state index contributed by atoms with van der Waals surface area (Å²) in [6.07, 6.45) is 0.397. The van der Waals surface area contributed by atoms with Crippen LogP contribution < -0.4 is 15.2 Å². The lowest BCUT2D eigenvalue weighted by atomic mass is 10.1. The fourth-order valence-electron chi connectivity index (χ4n) is 3.54. The van der Waals surface area contributed by atoms with Crippen LogP contribution in [0.25, 0.3) is 0 Å². The normalized spacial score (nSPS) is 12.6. The van der Waals surface area contributed by atoms with E-state index in [1.807, 2.05) is 6.92 Å². The maximum Gasteiger partial charge on any atom is 0.310 e. The number of rotatable bonds is 7. The van der Waals surface area contributed by atoms with E-state index in [-0.39, 0.29) is 57.1 Å². The molecular weight excluding hydrogens is 497 g/mol. The number of aryl methyl sites for hydroxylation is 1. The lowest BCUT2D eigenvalue weighted by Crippen LogP contribution is -2.29. The molecule has 2 amide bonds. The van der Waals surface area contributed by atoms with E-state index in [1.165, 1.54) is 25.2 Å². The largest absolute Gasteiger partial charge is 0.465 e. The molecule has 0 saturated heterocycles. The number of fused-ring (bicyclic) bond motifs is 1. The van der Waals surface area contributed by atoms with Gasteiger partial charge in [0.1, 0.15) is 0 Å². The minimum atomic E-state index is -0.553. The first-order valence-electron chi connectivity index (χ1n) is 10.6. The number of anilines is 1. The van der Waals surface area contributed by atoms with E-state index >= 15 is 0 Å². The fraction of sp³-hybridized carbons (Fsp3) is 0.208. The molecule has 1 aliphatic rings. The quantitative estimate of drug-likeness (QED) is 0.343. The zero-order chi connectivity index (χ0) is 25.3. The van der Waals surface area contributed by atoms with Gasteiger partial charge in [0, 0.05) is 18.7 Å². The lowest BCUT2D eigenvalue weighted by Gasteiger charge is -2.17. The summed E-state index contributed by atoms with van der Waals surface area (Å²) in [6, 6.07) is 10.5. The summed E-state index contributed by atoms with van der Waals surface area (Å²) in [4.78, 5) is 50.9. The molecule has 0 N–H and O–H groups in total. The van der Waals surface area contributed by atoms with Gasteiger partial charge in [0.2, 0.25) is 5.88 Å². The molecule has 0 radical (unpaired) electrons. The third-order valence-corrected chi connectivity index (χ3v) is 5.72. The van der Waals surface area contributed by atoms with Crippen molar-refractivity contribution in [3.8, 4) is 11.6 Å². The molecule has 2 heterocycles. The molecule has 35 heavy (non-hydrogen) atoms. The van der Waals surface area contributed by atoms with Gasteiger partial charge in [0.05, 0.1) is 39.9 Å². The minimum absolute atomic E-state index is 0.000601. The highest BCUT2D eigenvalue weighted by Gasteiger charge is 2.37. The number of carbonyl (C=O) groups excluding carboxylic acids is 3. The second-order valence-corrected chi connectivity index (χ2v) is 8.48. The zero-order valence-electron chi connectivity index (χ0n) is 18.7. The molecule has 1 aliphatic heterocycles. The van der Waals surface area contributed by atoms with Gasteiger partial charge in [-0.2, -0.15) is 0 Å². The van der Waals surface area contributed by atoms with E-state index in [1.54, 1.807) is 24.3 Å². The molecule has 180 valence electrons. The molecule has 0 saturated carbocycles. The monoisotopic (exact) mass is 515 g/mol. The molecule has 0 aliphatic carbocycles. The van der Waals surface area contributed by atoms with Crippen LogP contribution in [0.15, 0.2) is 47.3 Å². The molecule has 0 atom stereocenters. The summed E-state index contributed by atoms with van der Waals surface area (Å²) in [5.41, 5.74) is 0.373. The van der Waals surface area contributed by atoms with Gasteiger partial charge in [0.25, 0.3) is 17.4 Å². The molecule has 3 aromatic rings. The average Bonchev–Trinajstić information content (AvgIpc) is 3.08. The third kappa shape index (κ3) is 4.78. The number of benzene rings is 2. The number of carbonyl (C=O) groups is 3. The Morgan fingerprint density at radius 1 is 1.00 bits per heavy atom. The molecule has 0 unspecified atom stereocenters. The Labute approximate surface area is 209 Å². The standard InChI is InChI=1S/C24H19Cl2N3O6/c1-3-8-34-20(30)10-13-9-19(27-28(2)22(13)31)35-21-17(25)11-14(12-18(21)26)29-23(32)15-6-4-5-7-16(15)24(29)33/h4-7,9,11-12H,3,8,10H2,1-2H3. The van der Waals surface area contributed by atoms with Gasteiger partial charge in [-0.3, -0.25) is 19.2 Å². The number of halogens is 2. The summed E-state index contributed by atoms with van der Waals surface area (Å²) in [5.74, 6) is -1.58. The third-order valence-electron chi connectivity index (χ3n) is 5.16. The van der Waals surface area contributed by atoms with Crippen LogP contribution in [0.3, 0.4) is 0 Å². The highest BCUT2D eigenvalue weighted by Crippen LogP contribution is 2.41. The number of hydrogen-bond acceptors (Lipinski definition) is 7. The van der Waals surface area contributed by atoms with Crippen molar-refractivity contribution in [1.82, 2.24) is 9.78 Å². The van der Waals surface area contributed by atoms with E-state index in [2.05, 4.69) is 5.10 Å². The second kappa shape index (κ2) is 9.89. The van der Waals surface area contributed by atoms with Gasteiger partial charge in [-0.15, -0.1) is 5.10 Å². The Bertz CT molecular complexity index is 1360. The number of imide groups is 1. The maximum atomic E-state index is 12.8. The van der Waals surface area contributed by atoms with Crippen molar-refractivity contribution in [3.63, 3.8) is 0 Å². The number of aromatic nitrogens is 2. The van der Waals surface area contributed by atoms with Crippen molar-refractivity contribution in [1.29, 1.82) is 0 Å². The summed E-state index contributed by atoms with van der Waals surface area (Å²) in [5, 5.41) is 4.03. The molecular formula is C24H19Cl2N3O6. The van der Waals surface area contributed by atoms with Gasteiger partial charge >= 0.3 is 5.97 Å². The van der Waals surface area contributed by atoms with Crippen LogP contribution in [0.1, 0.15) is 39.6 Å². The van der Waals surface area contributed by atoms with Crippen LogP contribution in [-0.4, -0.2) is 34.2 Å². The van der Waals surface area contributed by atoms with Crippen LogP contribution in [0.2, 0.25) is 10.0 Å². The van der Waals surface area contributed by atoms with E-state index < -0.39 is 23.3 Å². The van der Waals surface area contributed by atoms with Crippen molar-refractivity contribution < 1.29 is 23.9 Å². The topological polar surface area (TPSA) is 108 Å². The smallest absolute Gasteiger partial charge is 0.310 e. The van der Waals surface area contributed by atoms with Crippen LogP contribution >= 0.6 is 23.2 Å². The van der Waals surface area contributed by atoms with Gasteiger partial charge in [0.15, 0.2) is 5.75 Å². The van der Waals surface area contributed by atoms with Gasteiger partial charge in [-0.05, 0) is 30.7 Å². The van der Waals surface area contributed by atoms with Crippen LogP contribution in [0.5, 0.6) is 11.6 Å². The second-order valence-electron chi connectivity index (χ2n) is 7.67. The first-order chi connectivity index (χ1) is 16.7. The average molecular weight is 516 g/mol. The molecule has 0 spiro atoms. The van der Waals surface area contributed by atoms with Crippen molar-refractivity contribution in [2.45, 2.75) is 19.8 Å². The van der Waals surface area contributed by atoms with Gasteiger partial charge in [-0.1, -0.05) is 42.3 Å². The van der Waals surface area contributed by atoms with Crippen molar-refractivity contribution in [2.24, 2.45) is 7.05 Å². The zero-order valence-corrected chi connectivity index (χ0v) is 20.2. The summed E-state index contributed by atoms with van der Waals surface area (Å²) in [7, 11) is 1.41. The van der Waals surface area contributed by atoms with Crippen LogP contribution in [-0.2, 0) is 23.0 Å². The molecule has 9 nitrogen and oxygen atoms in total. The SMILES string of the molecule is CCCOC(=O)Cc1cc(Oc2c(Cl)cc(N3C(=O)c4ccccc4C3=O)cc2Cl)nn(C)c1=O. The predicted molar refractivity (Wildman–Crippen MR) is 129 cm³/mol. The van der Waals surface area contributed by atoms with Crippen LogP contribution in [0.4, 0.5) is 5.69 Å². The summed E-state index contributed by atoms with van der Waals surface area (Å²) < 4.78 is 11.8. The van der Waals surface area contributed by atoms with E-state index in [4.69, 9.17) is 32.7 Å². The molecule has 0 fully saturated rings. The minimum Gasteiger partial charge on any atom is -0.465 e. The summed E-state index contributed by atoms with van der Waals surface area (Å²) in [6.45, 7) is 2.11. The van der Waals surface area contributed by atoms with Crippen molar-refractivity contribution in [3.05, 3.63) is 79.6 Å². The maximum absolute atomic E-state index is 12.8. The van der Waals surface area contributed by atoms with Gasteiger partial charge < -0.3 is 9.47 Å². The molecule has 2 aromatic carbocycles. The highest BCUT2D eigenvalue weighted by molar-refractivity contribution is 6.39. The highest BCUT2D eigenvalue weighted by atomic mass is 35.5. The molecule has 4 rings (SSSR count). The summed E-state index contributed by atoms with van der Waals surface area (Å²) >= 11 is 12.8. The number of nitrogens with zero attached hydrogens (tertiary/aromatic N) is 3. The predicted octanol–water partition coefficient (Wildman–Crippen LogP) is 4.18. The number of esters is 1. The number of hydrogen-bond donors (Lipinski definition) is 0. The Kier molecular flexibility index (Phi) is 6.90. The van der Waals surface area contributed by atoms with E-state index in [0.717, 1.165) is 9.58 Å².